The number of hydrogen-bond donors (Lipinski definition) is 1. The van der Waals surface area contributed by atoms with Crippen LogP contribution in [0.3, 0.4) is 0 Å². The molecule has 1 N–H and O–H groups in total. The van der Waals surface area contributed by atoms with Crippen LogP contribution in [0.5, 0.6) is 5.75 Å². The van der Waals surface area contributed by atoms with Gasteiger partial charge in [0, 0.05) is 0 Å². The molecule has 23 heavy (non-hydrogen) atoms. The first kappa shape index (κ1) is 15.5. The molecule has 0 bridgehead atoms. The summed E-state index contributed by atoms with van der Waals surface area (Å²) in [5.74, 6) is 0.532. The van der Waals surface area contributed by atoms with Gasteiger partial charge in [0.1, 0.15) is 5.75 Å². The zero-order chi connectivity index (χ0) is 16.2. The van der Waals surface area contributed by atoms with Crippen LogP contribution in [0.15, 0.2) is 48.5 Å². The minimum absolute atomic E-state index is 0.173. The van der Waals surface area contributed by atoms with Crippen LogP contribution in [-0.4, -0.2) is 17.0 Å². The normalized spacial score (nSPS) is 12.1. The largest absolute Gasteiger partial charge is 0.481 e. The first-order valence-electron chi connectivity index (χ1n) is 7.55. The van der Waals surface area contributed by atoms with Crippen LogP contribution in [0.25, 0.3) is 10.2 Å². The second-order valence-corrected chi connectivity index (χ2v) is 6.34. The molecular formula is C18H18N2O2S. The Morgan fingerprint density at radius 1 is 1.26 bits per heavy atom. The van der Waals surface area contributed by atoms with E-state index in [1.54, 1.807) is 0 Å². The number of carbonyl (C=O) groups excluding carboxylic acids is 1. The first-order chi connectivity index (χ1) is 11.2. The fraction of sp³-hybridized carbons (Fsp3) is 0.222. The molecule has 118 valence electrons. The van der Waals surface area contributed by atoms with E-state index < -0.39 is 6.10 Å². The summed E-state index contributed by atoms with van der Waals surface area (Å²) in [5, 5.41) is 3.46. The van der Waals surface area contributed by atoms with Gasteiger partial charge < -0.3 is 4.74 Å². The van der Waals surface area contributed by atoms with E-state index in [-0.39, 0.29) is 5.91 Å². The minimum Gasteiger partial charge on any atom is -0.481 e. The molecule has 0 spiro atoms. The highest BCUT2D eigenvalue weighted by molar-refractivity contribution is 7.22. The summed E-state index contributed by atoms with van der Waals surface area (Å²) in [6, 6.07) is 15.5. The van der Waals surface area contributed by atoms with Crippen molar-refractivity contribution in [2.45, 2.75) is 26.4 Å². The van der Waals surface area contributed by atoms with Gasteiger partial charge in [-0.15, -0.1) is 0 Å². The lowest BCUT2D eigenvalue weighted by atomic mass is 10.2. The van der Waals surface area contributed by atoms with Gasteiger partial charge in [-0.2, -0.15) is 0 Å². The van der Waals surface area contributed by atoms with Gasteiger partial charge in [-0.25, -0.2) is 4.98 Å². The Kier molecular flexibility index (Phi) is 4.57. The third-order valence-electron chi connectivity index (χ3n) is 3.46. The monoisotopic (exact) mass is 326 g/mol. The van der Waals surface area contributed by atoms with E-state index >= 15 is 0 Å². The van der Waals surface area contributed by atoms with Gasteiger partial charge in [0.05, 0.1) is 10.2 Å². The minimum atomic E-state index is -0.538. The van der Waals surface area contributed by atoms with Crippen molar-refractivity contribution >= 4 is 32.6 Å². The van der Waals surface area contributed by atoms with Crippen LogP contribution in [0.1, 0.15) is 18.9 Å². The SMILES string of the molecule is CCC(Oc1cccc(C)c1)C(=O)Nc1nc2ccccc2s1. The highest BCUT2D eigenvalue weighted by Crippen LogP contribution is 2.26. The van der Waals surface area contributed by atoms with E-state index in [0.717, 1.165) is 15.8 Å². The lowest BCUT2D eigenvalue weighted by molar-refractivity contribution is -0.122. The van der Waals surface area contributed by atoms with Crippen molar-refractivity contribution < 1.29 is 9.53 Å². The summed E-state index contributed by atoms with van der Waals surface area (Å²) in [5.41, 5.74) is 1.99. The van der Waals surface area contributed by atoms with E-state index in [1.807, 2.05) is 62.4 Å². The topological polar surface area (TPSA) is 51.2 Å². The Labute approximate surface area is 139 Å². The molecule has 3 aromatic rings. The number of amides is 1. The number of hydrogen-bond acceptors (Lipinski definition) is 4. The summed E-state index contributed by atoms with van der Waals surface area (Å²) in [6.45, 7) is 3.92. The third kappa shape index (κ3) is 3.68. The summed E-state index contributed by atoms with van der Waals surface area (Å²) >= 11 is 1.46. The van der Waals surface area contributed by atoms with Crippen LogP contribution in [-0.2, 0) is 4.79 Å². The van der Waals surface area contributed by atoms with Crippen molar-refractivity contribution in [2.24, 2.45) is 0 Å². The number of nitrogens with one attached hydrogen (secondary N) is 1. The molecule has 1 unspecified atom stereocenters. The number of rotatable bonds is 5. The summed E-state index contributed by atoms with van der Waals surface area (Å²) in [7, 11) is 0. The van der Waals surface area contributed by atoms with Crippen molar-refractivity contribution in [1.82, 2.24) is 4.98 Å². The first-order valence-corrected chi connectivity index (χ1v) is 8.37. The van der Waals surface area contributed by atoms with E-state index in [4.69, 9.17) is 4.74 Å². The highest BCUT2D eigenvalue weighted by Gasteiger charge is 2.20. The van der Waals surface area contributed by atoms with Gasteiger partial charge in [0.25, 0.3) is 5.91 Å². The average molecular weight is 326 g/mol. The van der Waals surface area contributed by atoms with Gasteiger partial charge in [-0.3, -0.25) is 10.1 Å². The van der Waals surface area contributed by atoms with Gasteiger partial charge >= 0.3 is 0 Å². The molecule has 0 aliphatic rings. The fourth-order valence-electron chi connectivity index (χ4n) is 2.29. The summed E-state index contributed by atoms with van der Waals surface area (Å²) in [6.07, 6.45) is 0.0498. The molecule has 1 heterocycles. The molecule has 0 radical (unpaired) electrons. The Hall–Kier alpha value is -2.40. The van der Waals surface area contributed by atoms with E-state index in [1.165, 1.54) is 11.3 Å². The zero-order valence-corrected chi connectivity index (χ0v) is 13.9. The number of benzene rings is 2. The molecule has 0 aliphatic heterocycles. The molecule has 2 aromatic carbocycles. The molecule has 1 atom stereocenters. The second kappa shape index (κ2) is 6.79. The predicted molar refractivity (Wildman–Crippen MR) is 94.1 cm³/mol. The van der Waals surface area contributed by atoms with Crippen LogP contribution in [0.2, 0.25) is 0 Å². The third-order valence-corrected chi connectivity index (χ3v) is 4.41. The number of nitrogens with zero attached hydrogens (tertiary/aromatic N) is 1. The van der Waals surface area contributed by atoms with Crippen molar-refractivity contribution in [1.29, 1.82) is 0 Å². The predicted octanol–water partition coefficient (Wildman–Crippen LogP) is 4.40. The number of thiazole rings is 1. The van der Waals surface area contributed by atoms with Crippen molar-refractivity contribution in [3.05, 3.63) is 54.1 Å². The summed E-state index contributed by atoms with van der Waals surface area (Å²) < 4.78 is 6.87. The Balaban J connectivity index is 1.72. The molecule has 5 heteroatoms. The van der Waals surface area contributed by atoms with Crippen molar-refractivity contribution in [3.8, 4) is 5.75 Å². The Morgan fingerprint density at radius 3 is 2.83 bits per heavy atom. The number of aromatic nitrogens is 1. The lowest BCUT2D eigenvalue weighted by Gasteiger charge is -2.16. The number of anilines is 1. The lowest BCUT2D eigenvalue weighted by Crippen LogP contribution is -2.32. The second-order valence-electron chi connectivity index (χ2n) is 5.31. The van der Waals surface area contributed by atoms with E-state index in [2.05, 4.69) is 10.3 Å². The maximum absolute atomic E-state index is 12.4. The summed E-state index contributed by atoms with van der Waals surface area (Å²) in [4.78, 5) is 16.9. The molecule has 0 saturated carbocycles. The average Bonchev–Trinajstić information content (AvgIpc) is 2.94. The maximum Gasteiger partial charge on any atom is 0.267 e. The number of ether oxygens (including phenoxy) is 1. The quantitative estimate of drug-likeness (QED) is 0.756. The standard InChI is InChI=1S/C18H18N2O2S/c1-3-15(22-13-8-6-7-12(2)11-13)17(21)20-18-19-14-9-4-5-10-16(14)23-18/h4-11,15H,3H2,1-2H3,(H,19,20,21). The van der Waals surface area contributed by atoms with Crippen molar-refractivity contribution in [2.75, 3.05) is 5.32 Å². The van der Waals surface area contributed by atoms with Gasteiger partial charge in [-0.05, 0) is 43.2 Å². The highest BCUT2D eigenvalue weighted by atomic mass is 32.1. The van der Waals surface area contributed by atoms with Crippen LogP contribution in [0, 0.1) is 6.92 Å². The molecule has 0 aliphatic carbocycles. The van der Waals surface area contributed by atoms with E-state index in [0.29, 0.717) is 17.3 Å². The molecule has 1 aromatic heterocycles. The van der Waals surface area contributed by atoms with Crippen molar-refractivity contribution in [3.63, 3.8) is 0 Å². The number of aryl methyl sites for hydroxylation is 1. The van der Waals surface area contributed by atoms with Crippen LogP contribution in [0.4, 0.5) is 5.13 Å². The molecule has 0 fully saturated rings. The number of para-hydroxylation sites is 1. The Bertz CT molecular complexity index is 796. The van der Waals surface area contributed by atoms with Crippen LogP contribution < -0.4 is 10.1 Å². The zero-order valence-electron chi connectivity index (χ0n) is 13.1. The smallest absolute Gasteiger partial charge is 0.267 e. The maximum atomic E-state index is 12.4. The van der Waals surface area contributed by atoms with Crippen LogP contribution >= 0.6 is 11.3 Å². The molecule has 1 amide bonds. The number of fused-ring (bicyclic) bond motifs is 1. The van der Waals surface area contributed by atoms with E-state index in [9.17, 15) is 4.79 Å². The molecular weight excluding hydrogens is 308 g/mol. The Morgan fingerprint density at radius 2 is 2.09 bits per heavy atom. The fourth-order valence-corrected chi connectivity index (χ4v) is 3.16. The number of carbonyl (C=O) groups is 1. The van der Waals surface area contributed by atoms with Gasteiger partial charge in [-0.1, -0.05) is 42.5 Å². The molecule has 3 rings (SSSR count). The van der Waals surface area contributed by atoms with Gasteiger partial charge in [0.15, 0.2) is 11.2 Å². The van der Waals surface area contributed by atoms with Gasteiger partial charge in [0.2, 0.25) is 0 Å². The molecule has 4 nitrogen and oxygen atoms in total. The molecule has 0 saturated heterocycles.